The molecule has 0 aliphatic carbocycles. The second-order valence-electron chi connectivity index (χ2n) is 4.20. The van der Waals surface area contributed by atoms with Crippen LogP contribution in [0.1, 0.15) is 11.1 Å². The Morgan fingerprint density at radius 1 is 1.29 bits per heavy atom. The average Bonchev–Trinajstić information content (AvgIpc) is 2.08. The molecule has 0 unspecified atom stereocenters. The fraction of sp³-hybridized carbons (Fsp3) is 0.500. The largest absolute Gasteiger partial charge is 0.385 e. The number of benzene rings is 1. The molecule has 14 heavy (non-hydrogen) atoms. The molecule has 1 saturated heterocycles. The number of aryl methyl sites for hydroxylation is 2. The summed E-state index contributed by atoms with van der Waals surface area (Å²) in [7, 11) is 0. The van der Waals surface area contributed by atoms with Gasteiger partial charge in [-0.05, 0) is 37.1 Å². The molecule has 0 amide bonds. The predicted octanol–water partition coefficient (Wildman–Crippen LogP) is 1.93. The smallest absolute Gasteiger partial charge is 0.0343 e. The molecular formula is C12H18N2. The highest BCUT2D eigenvalue weighted by molar-refractivity contribution is 5.48. The van der Waals surface area contributed by atoms with E-state index in [4.69, 9.17) is 0 Å². The third-order valence-corrected chi connectivity index (χ3v) is 2.97. The Morgan fingerprint density at radius 3 is 2.64 bits per heavy atom. The monoisotopic (exact) mass is 190 g/mol. The minimum absolute atomic E-state index is 0.816. The van der Waals surface area contributed by atoms with E-state index in [1.807, 2.05) is 0 Å². The van der Waals surface area contributed by atoms with Gasteiger partial charge in [0.15, 0.2) is 0 Å². The van der Waals surface area contributed by atoms with E-state index in [0.29, 0.717) is 0 Å². The van der Waals surface area contributed by atoms with Crippen molar-refractivity contribution < 1.29 is 0 Å². The van der Waals surface area contributed by atoms with Gasteiger partial charge in [-0.15, -0.1) is 0 Å². The van der Waals surface area contributed by atoms with E-state index in [1.165, 1.54) is 16.8 Å². The molecule has 1 aromatic rings. The summed E-state index contributed by atoms with van der Waals surface area (Å²) < 4.78 is 0. The zero-order valence-corrected chi connectivity index (χ0v) is 8.93. The van der Waals surface area contributed by atoms with Crippen LogP contribution in [0.15, 0.2) is 18.2 Å². The van der Waals surface area contributed by atoms with Gasteiger partial charge >= 0.3 is 0 Å². The Bertz CT molecular complexity index is 316. The Balaban J connectivity index is 1.91. The molecule has 1 fully saturated rings. The number of hydrogen-bond acceptors (Lipinski definition) is 2. The standard InChI is InChI=1S/C12H18N2/c1-9-3-4-12(5-10(9)2)14-8-11-6-13-7-11/h3-5,11,13-14H,6-8H2,1-2H3. The van der Waals surface area contributed by atoms with Gasteiger partial charge in [-0.3, -0.25) is 0 Å². The summed E-state index contributed by atoms with van der Waals surface area (Å²) >= 11 is 0. The third-order valence-electron chi connectivity index (χ3n) is 2.97. The van der Waals surface area contributed by atoms with Crippen molar-refractivity contribution in [3.8, 4) is 0 Å². The summed E-state index contributed by atoms with van der Waals surface area (Å²) in [6, 6.07) is 6.56. The van der Waals surface area contributed by atoms with Crippen molar-refractivity contribution in [2.75, 3.05) is 25.0 Å². The molecule has 0 radical (unpaired) electrons. The summed E-state index contributed by atoms with van der Waals surface area (Å²) in [6.07, 6.45) is 0. The molecular weight excluding hydrogens is 172 g/mol. The van der Waals surface area contributed by atoms with Crippen LogP contribution in [0.2, 0.25) is 0 Å². The highest BCUT2D eigenvalue weighted by Gasteiger charge is 2.15. The molecule has 1 aliphatic heterocycles. The van der Waals surface area contributed by atoms with Gasteiger partial charge in [-0.1, -0.05) is 6.07 Å². The molecule has 0 spiro atoms. The second kappa shape index (κ2) is 4.01. The lowest BCUT2D eigenvalue weighted by Gasteiger charge is -2.27. The quantitative estimate of drug-likeness (QED) is 0.761. The van der Waals surface area contributed by atoms with Gasteiger partial charge in [0.25, 0.3) is 0 Å². The van der Waals surface area contributed by atoms with Gasteiger partial charge < -0.3 is 10.6 Å². The van der Waals surface area contributed by atoms with Crippen molar-refractivity contribution in [2.24, 2.45) is 5.92 Å². The van der Waals surface area contributed by atoms with Crippen LogP contribution < -0.4 is 10.6 Å². The van der Waals surface area contributed by atoms with Crippen LogP contribution in [-0.2, 0) is 0 Å². The van der Waals surface area contributed by atoms with Crippen LogP contribution in [0.4, 0.5) is 5.69 Å². The first kappa shape index (κ1) is 9.53. The van der Waals surface area contributed by atoms with E-state index < -0.39 is 0 Å². The Kier molecular flexibility index (Phi) is 2.73. The normalized spacial score (nSPS) is 16.4. The number of anilines is 1. The second-order valence-corrected chi connectivity index (χ2v) is 4.20. The summed E-state index contributed by atoms with van der Waals surface area (Å²) in [5.74, 6) is 0.816. The molecule has 76 valence electrons. The molecule has 0 atom stereocenters. The molecule has 1 aromatic carbocycles. The van der Waals surface area contributed by atoms with Crippen molar-refractivity contribution in [1.82, 2.24) is 5.32 Å². The van der Waals surface area contributed by atoms with E-state index >= 15 is 0 Å². The minimum atomic E-state index is 0.816. The molecule has 1 heterocycles. The lowest BCUT2D eigenvalue weighted by molar-refractivity contribution is 0.365. The van der Waals surface area contributed by atoms with Gasteiger partial charge in [0, 0.05) is 31.2 Å². The van der Waals surface area contributed by atoms with Crippen molar-refractivity contribution in [2.45, 2.75) is 13.8 Å². The van der Waals surface area contributed by atoms with E-state index in [2.05, 4.69) is 42.7 Å². The van der Waals surface area contributed by atoms with Crippen molar-refractivity contribution in [3.63, 3.8) is 0 Å². The third kappa shape index (κ3) is 2.07. The van der Waals surface area contributed by atoms with Crippen molar-refractivity contribution in [1.29, 1.82) is 0 Å². The fourth-order valence-corrected chi connectivity index (χ4v) is 1.61. The lowest BCUT2D eigenvalue weighted by Crippen LogP contribution is -2.45. The molecule has 2 nitrogen and oxygen atoms in total. The van der Waals surface area contributed by atoms with Gasteiger partial charge in [0.2, 0.25) is 0 Å². The van der Waals surface area contributed by atoms with E-state index in [-0.39, 0.29) is 0 Å². The fourth-order valence-electron chi connectivity index (χ4n) is 1.61. The summed E-state index contributed by atoms with van der Waals surface area (Å²) in [5, 5.41) is 6.75. The van der Waals surface area contributed by atoms with E-state index in [9.17, 15) is 0 Å². The molecule has 0 bridgehead atoms. The zero-order chi connectivity index (χ0) is 9.97. The van der Waals surface area contributed by atoms with Crippen molar-refractivity contribution >= 4 is 5.69 Å². The van der Waals surface area contributed by atoms with Crippen LogP contribution in [0, 0.1) is 19.8 Å². The van der Waals surface area contributed by atoms with Crippen LogP contribution in [0.5, 0.6) is 0 Å². The number of nitrogens with one attached hydrogen (secondary N) is 2. The first-order valence-corrected chi connectivity index (χ1v) is 5.27. The van der Waals surface area contributed by atoms with Crippen LogP contribution in [-0.4, -0.2) is 19.6 Å². The topological polar surface area (TPSA) is 24.1 Å². The molecule has 2 rings (SSSR count). The van der Waals surface area contributed by atoms with E-state index in [1.54, 1.807) is 0 Å². The van der Waals surface area contributed by atoms with Gasteiger partial charge in [0.1, 0.15) is 0 Å². The molecule has 0 aromatic heterocycles. The maximum Gasteiger partial charge on any atom is 0.0343 e. The summed E-state index contributed by atoms with van der Waals surface area (Å²) in [5.41, 5.74) is 3.97. The van der Waals surface area contributed by atoms with Gasteiger partial charge in [-0.2, -0.15) is 0 Å². The molecule has 2 N–H and O–H groups in total. The number of hydrogen-bond donors (Lipinski definition) is 2. The SMILES string of the molecule is Cc1ccc(NCC2CNC2)cc1C. The Labute approximate surface area is 85.7 Å². The molecule has 2 heteroatoms. The minimum Gasteiger partial charge on any atom is -0.385 e. The summed E-state index contributed by atoms with van der Waals surface area (Å²) in [6.45, 7) is 7.73. The van der Waals surface area contributed by atoms with Gasteiger partial charge in [-0.25, -0.2) is 0 Å². The van der Waals surface area contributed by atoms with Crippen LogP contribution in [0.3, 0.4) is 0 Å². The number of rotatable bonds is 3. The highest BCUT2D eigenvalue weighted by atomic mass is 15.0. The predicted molar refractivity (Wildman–Crippen MR) is 60.8 cm³/mol. The Hall–Kier alpha value is -1.02. The van der Waals surface area contributed by atoms with Gasteiger partial charge in [0.05, 0.1) is 0 Å². The van der Waals surface area contributed by atoms with E-state index in [0.717, 1.165) is 25.6 Å². The van der Waals surface area contributed by atoms with Crippen molar-refractivity contribution in [3.05, 3.63) is 29.3 Å². The first-order valence-electron chi connectivity index (χ1n) is 5.27. The zero-order valence-electron chi connectivity index (χ0n) is 8.93. The maximum absolute atomic E-state index is 3.47. The lowest BCUT2D eigenvalue weighted by atomic mass is 10.0. The maximum atomic E-state index is 3.47. The Morgan fingerprint density at radius 2 is 2.07 bits per heavy atom. The molecule has 0 saturated carbocycles. The molecule has 1 aliphatic rings. The summed E-state index contributed by atoms with van der Waals surface area (Å²) in [4.78, 5) is 0. The average molecular weight is 190 g/mol. The first-order chi connectivity index (χ1) is 6.75. The van der Waals surface area contributed by atoms with Crippen LogP contribution in [0.25, 0.3) is 0 Å². The van der Waals surface area contributed by atoms with Crippen LogP contribution >= 0.6 is 0 Å². The highest BCUT2D eigenvalue weighted by Crippen LogP contribution is 2.15.